The van der Waals surface area contributed by atoms with Crippen molar-refractivity contribution in [2.24, 2.45) is 0 Å². The summed E-state index contributed by atoms with van der Waals surface area (Å²) in [6.07, 6.45) is 1.48. The average Bonchev–Trinajstić information content (AvgIpc) is 3.25. The molecule has 2 aromatic carbocycles. The number of fused-ring (bicyclic) bond motifs is 2. The molecular weight excluding hydrogens is 596 g/mol. The van der Waals surface area contributed by atoms with Gasteiger partial charge in [-0.1, -0.05) is 45.7 Å². The van der Waals surface area contributed by atoms with Crippen molar-refractivity contribution in [3.05, 3.63) is 56.5 Å². The van der Waals surface area contributed by atoms with Crippen molar-refractivity contribution in [3.63, 3.8) is 0 Å². The van der Waals surface area contributed by atoms with E-state index in [9.17, 15) is 29.4 Å². The second kappa shape index (κ2) is 11.3. The van der Waals surface area contributed by atoms with Crippen LogP contribution in [0.1, 0.15) is 63.5 Å². The Bertz CT molecular complexity index is 1120. The summed E-state index contributed by atoms with van der Waals surface area (Å²) in [7, 11) is 0. The van der Waals surface area contributed by atoms with Gasteiger partial charge in [0.2, 0.25) is 0 Å². The first kappa shape index (κ1) is 28.2. The van der Waals surface area contributed by atoms with Crippen LogP contribution in [-0.2, 0) is 30.4 Å². The molecule has 0 saturated carbocycles. The zero-order chi connectivity index (χ0) is 26.7. The quantitative estimate of drug-likeness (QED) is 0.337. The summed E-state index contributed by atoms with van der Waals surface area (Å²) < 4.78 is 1.58. The monoisotopic (exact) mass is 622 g/mol. The molecule has 0 unspecified atom stereocenters. The number of halogens is 2. The number of hydrogen-bond acceptors (Lipinski definition) is 6. The molecule has 0 fully saturated rings. The molecule has 2 amide bonds. The van der Waals surface area contributed by atoms with Crippen LogP contribution in [0.25, 0.3) is 0 Å². The summed E-state index contributed by atoms with van der Waals surface area (Å²) in [5.74, 6) is -0.835. The predicted molar refractivity (Wildman–Crippen MR) is 142 cm³/mol. The summed E-state index contributed by atoms with van der Waals surface area (Å²) in [5, 5.41) is 26.3. The molecule has 0 aliphatic carbocycles. The van der Waals surface area contributed by atoms with Crippen LogP contribution in [0, 0.1) is 0 Å². The van der Waals surface area contributed by atoms with Crippen molar-refractivity contribution < 1.29 is 29.4 Å². The van der Waals surface area contributed by atoms with E-state index < -0.39 is 23.0 Å². The van der Waals surface area contributed by atoms with Crippen molar-refractivity contribution >= 4 is 66.6 Å². The molecule has 0 bridgehead atoms. The second-order valence-corrected chi connectivity index (χ2v) is 10.6. The van der Waals surface area contributed by atoms with Crippen LogP contribution in [0.2, 0.25) is 0 Å². The molecule has 2 heterocycles. The first-order valence-corrected chi connectivity index (χ1v) is 13.2. The third-order valence-electron chi connectivity index (χ3n) is 6.42. The highest BCUT2D eigenvalue weighted by molar-refractivity contribution is 9.10. The van der Waals surface area contributed by atoms with Gasteiger partial charge >= 0.3 is 0 Å². The Labute approximate surface area is 226 Å². The van der Waals surface area contributed by atoms with Crippen LogP contribution >= 0.6 is 31.9 Å². The number of carbonyl (C=O) groups is 4. The van der Waals surface area contributed by atoms with Crippen molar-refractivity contribution in [3.8, 4) is 0 Å². The lowest BCUT2D eigenvalue weighted by Crippen LogP contribution is -2.34. The van der Waals surface area contributed by atoms with E-state index in [1.165, 1.54) is 0 Å². The average molecular weight is 624 g/mol. The number of Topliss-reactive ketones (excluding diaryl/α,β-unsaturated/α-hetero) is 2. The lowest BCUT2D eigenvalue weighted by atomic mass is 9.89. The zero-order valence-corrected chi connectivity index (χ0v) is 23.2. The highest BCUT2D eigenvalue weighted by Crippen LogP contribution is 2.41. The van der Waals surface area contributed by atoms with Crippen LogP contribution in [0.3, 0.4) is 0 Å². The summed E-state index contributed by atoms with van der Waals surface area (Å²) in [6.45, 7) is 3.54. The van der Waals surface area contributed by atoms with Crippen LogP contribution in [0.5, 0.6) is 0 Å². The number of amides is 2. The molecule has 4 rings (SSSR count). The Morgan fingerprint density at radius 1 is 0.750 bits per heavy atom. The van der Waals surface area contributed by atoms with Crippen molar-refractivity contribution in [1.82, 2.24) is 0 Å². The maximum Gasteiger partial charge on any atom is 0.261 e. The molecule has 2 aromatic rings. The van der Waals surface area contributed by atoms with E-state index in [1.807, 2.05) is 0 Å². The van der Waals surface area contributed by atoms with Crippen molar-refractivity contribution in [2.45, 2.75) is 63.6 Å². The fraction of sp³-hybridized carbons (Fsp3) is 0.385. The maximum absolute atomic E-state index is 11.9. The third-order valence-corrected chi connectivity index (χ3v) is 7.41. The Morgan fingerprint density at radius 3 is 1.44 bits per heavy atom. The molecule has 2 aliphatic rings. The van der Waals surface area contributed by atoms with Crippen molar-refractivity contribution in [2.75, 3.05) is 10.6 Å². The molecule has 2 aliphatic heterocycles. The number of benzene rings is 2. The summed E-state index contributed by atoms with van der Waals surface area (Å²) in [6, 6.07) is 10.5. The van der Waals surface area contributed by atoms with Gasteiger partial charge in [0.1, 0.15) is 11.6 Å². The van der Waals surface area contributed by atoms with Gasteiger partial charge < -0.3 is 20.8 Å². The topological polar surface area (TPSA) is 133 Å². The number of carbonyl (C=O) groups excluding carboxylic acids is 4. The zero-order valence-electron chi connectivity index (χ0n) is 20.0. The Morgan fingerprint density at radius 2 is 1.11 bits per heavy atom. The van der Waals surface area contributed by atoms with E-state index in [0.717, 1.165) is 8.95 Å². The molecule has 192 valence electrons. The first-order valence-electron chi connectivity index (χ1n) is 11.7. The van der Waals surface area contributed by atoms with Crippen molar-refractivity contribution in [1.29, 1.82) is 0 Å². The van der Waals surface area contributed by atoms with Gasteiger partial charge in [-0.15, -0.1) is 0 Å². The molecule has 0 radical (unpaired) electrons. The summed E-state index contributed by atoms with van der Waals surface area (Å²) >= 11 is 6.63. The van der Waals surface area contributed by atoms with Crippen LogP contribution < -0.4 is 10.6 Å². The smallest absolute Gasteiger partial charge is 0.261 e. The number of anilines is 2. The number of hydrogen-bond donors (Lipinski definition) is 4. The SMILES string of the molecule is CCC(=O)CC[C@@]1(O)C(=O)Nc2ccc(Br)cc21.CCC(=O)CC[C@]1(O)C(=O)Nc2ccc(Br)cc21. The Balaban J connectivity index is 0.000000201. The molecule has 2 atom stereocenters. The lowest BCUT2D eigenvalue weighted by Gasteiger charge is -2.20. The van der Waals surface area contributed by atoms with E-state index in [1.54, 1.807) is 50.2 Å². The van der Waals surface area contributed by atoms with Crippen LogP contribution in [0.4, 0.5) is 11.4 Å². The van der Waals surface area contributed by atoms with Gasteiger partial charge in [-0.05, 0) is 49.2 Å². The minimum atomic E-state index is -1.59. The van der Waals surface area contributed by atoms with E-state index in [-0.39, 0.29) is 37.2 Å². The highest BCUT2D eigenvalue weighted by atomic mass is 79.9. The van der Waals surface area contributed by atoms with E-state index in [2.05, 4.69) is 42.5 Å². The molecule has 36 heavy (non-hydrogen) atoms. The number of nitrogens with one attached hydrogen (secondary N) is 2. The number of ketones is 2. The fourth-order valence-corrected chi connectivity index (χ4v) is 4.84. The number of aliphatic hydroxyl groups is 2. The molecule has 8 nitrogen and oxygen atoms in total. The predicted octanol–water partition coefficient (Wildman–Crippen LogP) is 4.70. The fourth-order valence-electron chi connectivity index (χ4n) is 4.12. The van der Waals surface area contributed by atoms with Gasteiger partial charge in [0, 0.05) is 57.1 Å². The normalized spacial score (nSPS) is 21.6. The molecule has 0 saturated heterocycles. The minimum Gasteiger partial charge on any atom is -0.375 e. The van der Waals surface area contributed by atoms with Gasteiger partial charge in [-0.2, -0.15) is 0 Å². The van der Waals surface area contributed by atoms with Gasteiger partial charge in [0.05, 0.1) is 0 Å². The summed E-state index contributed by atoms with van der Waals surface area (Å²) in [5.41, 5.74) is -0.908. The number of rotatable bonds is 8. The van der Waals surface area contributed by atoms with E-state index in [4.69, 9.17) is 0 Å². The first-order chi connectivity index (χ1) is 16.9. The minimum absolute atomic E-state index is 0.0414. The van der Waals surface area contributed by atoms with E-state index >= 15 is 0 Å². The Kier molecular flexibility index (Phi) is 8.87. The molecule has 0 aromatic heterocycles. The van der Waals surface area contributed by atoms with Gasteiger partial charge in [0.25, 0.3) is 11.8 Å². The summed E-state index contributed by atoms with van der Waals surface area (Å²) in [4.78, 5) is 46.4. The molecule has 0 spiro atoms. The van der Waals surface area contributed by atoms with E-state index in [0.29, 0.717) is 35.3 Å². The molecule has 10 heteroatoms. The van der Waals surface area contributed by atoms with Gasteiger partial charge in [-0.3, -0.25) is 19.2 Å². The molecule has 4 N–H and O–H groups in total. The van der Waals surface area contributed by atoms with Crippen LogP contribution in [0.15, 0.2) is 45.3 Å². The second-order valence-electron chi connectivity index (χ2n) is 8.79. The van der Waals surface area contributed by atoms with Crippen LogP contribution in [-0.4, -0.2) is 33.6 Å². The Hall–Kier alpha value is -2.40. The molecular formula is C26H28Br2N2O6. The van der Waals surface area contributed by atoms with Gasteiger partial charge in [-0.25, -0.2) is 0 Å². The highest BCUT2D eigenvalue weighted by Gasteiger charge is 2.46. The standard InChI is InChI=1S/2C13H14BrNO3/c2*1-2-9(16)5-6-13(18)10-7-8(14)3-4-11(10)15-12(13)17/h2*3-4,7,18H,2,5-6H2,1H3,(H,15,17)/t2*13-/m10/s1. The largest absolute Gasteiger partial charge is 0.375 e. The van der Waals surface area contributed by atoms with Gasteiger partial charge in [0.15, 0.2) is 11.2 Å². The lowest BCUT2D eigenvalue weighted by molar-refractivity contribution is -0.136. The third kappa shape index (κ3) is 5.77. The maximum atomic E-state index is 11.9.